The van der Waals surface area contributed by atoms with Gasteiger partial charge in [-0.25, -0.2) is 0 Å². The van der Waals surface area contributed by atoms with Gasteiger partial charge >= 0.3 is 288 Å². The average molecular weight is 819 g/mol. The molecule has 270 valence electrons. The van der Waals surface area contributed by atoms with Crippen LogP contribution in [0.25, 0.3) is 0 Å². The van der Waals surface area contributed by atoms with E-state index in [1.165, 1.54) is 72.8 Å². The molecule has 5 rings (SSSR count). The zero-order valence-corrected chi connectivity index (χ0v) is 30.8. The van der Waals surface area contributed by atoms with E-state index in [0.717, 1.165) is 24.3 Å². The van der Waals surface area contributed by atoms with E-state index in [-0.39, 0.29) is 7.02 Å². The van der Waals surface area contributed by atoms with E-state index in [2.05, 4.69) is 0 Å². The fourth-order valence-electron chi connectivity index (χ4n) is 7.04. The van der Waals surface area contributed by atoms with Gasteiger partial charge in [-0.05, 0) is 0 Å². The molecule has 1 N–H and O–H groups in total. The summed E-state index contributed by atoms with van der Waals surface area (Å²) in [6.45, 7) is 11.0. The minimum absolute atomic E-state index is 0.268. The normalized spacial score (nSPS) is 19.6. The summed E-state index contributed by atoms with van der Waals surface area (Å²) in [6, 6.07) is 20.5. The van der Waals surface area contributed by atoms with E-state index in [0.29, 0.717) is 17.2 Å². The van der Waals surface area contributed by atoms with Crippen molar-refractivity contribution in [3.05, 3.63) is 125 Å². The summed E-state index contributed by atoms with van der Waals surface area (Å²) in [5.74, 6) is 0. The van der Waals surface area contributed by atoms with Crippen molar-refractivity contribution in [1.29, 1.82) is 0 Å². The molecule has 0 amide bonds. The van der Waals surface area contributed by atoms with Crippen LogP contribution in [-0.4, -0.2) is 41.5 Å². The third kappa shape index (κ3) is 5.57. The molecule has 2 nitrogen and oxygen atoms in total. The summed E-state index contributed by atoms with van der Waals surface area (Å²) in [7, 11) is 0. The predicted octanol–water partition coefficient (Wildman–Crippen LogP) is 9.00. The Morgan fingerprint density at radius 2 is 0.940 bits per heavy atom. The van der Waals surface area contributed by atoms with Gasteiger partial charge in [0.1, 0.15) is 0 Å². The van der Waals surface area contributed by atoms with Crippen LogP contribution >= 0.6 is 0 Å². The van der Waals surface area contributed by atoms with Crippen LogP contribution in [0.15, 0.2) is 103 Å². The Labute approximate surface area is 286 Å². The van der Waals surface area contributed by atoms with Gasteiger partial charge in [0.2, 0.25) is 0 Å². The van der Waals surface area contributed by atoms with Crippen LogP contribution in [0, 0.1) is 0 Å². The summed E-state index contributed by atoms with van der Waals surface area (Å²) < 4.78 is 143. The van der Waals surface area contributed by atoms with Gasteiger partial charge in [0.15, 0.2) is 0 Å². The van der Waals surface area contributed by atoms with Gasteiger partial charge in [0.25, 0.3) is 0 Å². The molecule has 0 radical (unpaired) electrons. The van der Waals surface area contributed by atoms with E-state index in [1.807, 2.05) is 41.5 Å². The number of hydrogen-bond acceptors (Lipinski definition) is 2. The molecule has 0 aliphatic carbocycles. The quantitative estimate of drug-likeness (QED) is 0.161. The fraction of sp³-hybridized carbons (Fsp3) is 0.368. The molecular formula is C38H38F9O2Sb. The molecule has 0 bridgehead atoms. The molecule has 0 saturated heterocycles. The van der Waals surface area contributed by atoms with Crippen molar-refractivity contribution in [3.63, 3.8) is 0 Å². The predicted molar refractivity (Wildman–Crippen MR) is 177 cm³/mol. The second-order valence-electron chi connectivity index (χ2n) is 15.0. The van der Waals surface area contributed by atoms with Crippen LogP contribution in [-0.2, 0) is 25.0 Å². The Balaban J connectivity index is 2.10. The van der Waals surface area contributed by atoms with Crippen molar-refractivity contribution in [3.8, 4) is 0 Å². The van der Waals surface area contributed by atoms with E-state index in [9.17, 15) is 5.11 Å². The molecule has 12 heteroatoms. The van der Waals surface area contributed by atoms with Gasteiger partial charge in [-0.15, -0.1) is 0 Å². The van der Waals surface area contributed by atoms with Gasteiger partial charge < -0.3 is 0 Å². The zero-order valence-electron chi connectivity index (χ0n) is 28.2. The Hall–Kier alpha value is -3.01. The number of rotatable bonds is 5. The molecule has 0 spiro atoms. The molecule has 1 aliphatic heterocycles. The summed E-state index contributed by atoms with van der Waals surface area (Å²) in [5.41, 5.74) is -11.0. The zero-order chi connectivity index (χ0) is 37.4. The van der Waals surface area contributed by atoms with Crippen molar-refractivity contribution in [2.45, 2.75) is 86.5 Å². The first kappa shape index (κ1) is 38.2. The van der Waals surface area contributed by atoms with Crippen LogP contribution in [0.3, 0.4) is 0 Å². The van der Waals surface area contributed by atoms with Gasteiger partial charge in [-0.1, -0.05) is 0 Å². The van der Waals surface area contributed by atoms with E-state index in [1.54, 1.807) is 0 Å². The molecule has 4 aromatic rings. The maximum atomic E-state index is 15.6. The van der Waals surface area contributed by atoms with Crippen LogP contribution in [0.2, 0.25) is 4.37 Å². The van der Waals surface area contributed by atoms with E-state index < -0.39 is 77.4 Å². The van der Waals surface area contributed by atoms with Crippen molar-refractivity contribution in [1.82, 2.24) is 0 Å². The molecule has 50 heavy (non-hydrogen) atoms. The summed E-state index contributed by atoms with van der Waals surface area (Å²) in [4.78, 5) is 0. The summed E-state index contributed by atoms with van der Waals surface area (Å²) in [5, 5.41) is 12.1. The summed E-state index contributed by atoms with van der Waals surface area (Å²) >= 11 is -7.59. The number of fused-ring (bicyclic) bond motifs is 1. The molecule has 1 aliphatic rings. The van der Waals surface area contributed by atoms with Gasteiger partial charge in [0.05, 0.1) is 0 Å². The standard InChI is InChI=1S/2C10H13.C9H4F6O.C9H8F3O.Sb/c2*1-10(2,3)9-7-5-4-6-8-9;10-8(11,12)7(16,9(13,14)15)6-4-2-1-3-5-6;1-8(13,9(10,11)12)7-5-3-2-4-6-7;/h2*5-8H,1-3H3;1-4H;2-6,13H,1H2;/q;;-1;;+1. The number of hydrogen-bond donors (Lipinski definition) is 1. The van der Waals surface area contributed by atoms with Crippen molar-refractivity contribution >= 4 is 28.3 Å². The molecule has 4 aromatic carbocycles. The number of halogens is 9. The van der Waals surface area contributed by atoms with Gasteiger partial charge in [0, 0.05) is 0 Å². The van der Waals surface area contributed by atoms with Crippen LogP contribution in [0.4, 0.5) is 39.5 Å². The van der Waals surface area contributed by atoms with Crippen molar-refractivity contribution < 1.29 is 47.6 Å². The molecular weight excluding hydrogens is 781 g/mol. The average Bonchev–Trinajstić information content (AvgIpc) is 3.31. The van der Waals surface area contributed by atoms with Gasteiger partial charge in [-0.3, -0.25) is 0 Å². The third-order valence-corrected chi connectivity index (χ3v) is 26.7. The van der Waals surface area contributed by atoms with Crippen molar-refractivity contribution in [2.75, 3.05) is 0 Å². The van der Waals surface area contributed by atoms with Crippen molar-refractivity contribution in [2.24, 2.45) is 0 Å². The Kier molecular flexibility index (Phi) is 8.99. The second kappa shape index (κ2) is 11.8. The van der Waals surface area contributed by atoms with Crippen LogP contribution in [0.1, 0.15) is 63.8 Å². The molecule has 0 saturated carbocycles. The van der Waals surface area contributed by atoms with Gasteiger partial charge in [-0.2, -0.15) is 0 Å². The molecule has 1 unspecified atom stereocenters. The molecule has 1 heterocycles. The Morgan fingerprint density at radius 3 is 1.32 bits per heavy atom. The first-order chi connectivity index (χ1) is 22.8. The fourth-order valence-corrected chi connectivity index (χ4v) is 25.9. The first-order valence-electron chi connectivity index (χ1n) is 15.8. The second-order valence-corrected chi connectivity index (χ2v) is 27.6. The minimum atomic E-state index is -7.59. The Bertz CT molecular complexity index is 1780. The number of alkyl halides is 9. The van der Waals surface area contributed by atoms with E-state index >= 15 is 39.5 Å². The maximum absolute atomic E-state index is 15.6. The molecule has 1 atom stereocenters. The third-order valence-electron chi connectivity index (χ3n) is 9.74. The molecule has 0 aromatic heterocycles. The monoisotopic (exact) mass is 818 g/mol. The van der Waals surface area contributed by atoms with Crippen LogP contribution in [0.5, 0.6) is 0 Å². The SMILES string of the molecule is CC(C)(C)c1cc[c]([Sb]2([CH2]C(O)(c3ccccc3)C(F)(F)F)([c]3ccc(C(C)(C)C)cc3)[O]C(C(F)(F)F)(C(F)(F)F)c3cccc[c]32)cc1. The number of aliphatic hydroxyl groups is 1. The Morgan fingerprint density at radius 1 is 0.540 bits per heavy atom. The van der Waals surface area contributed by atoms with Crippen LogP contribution < -0.4 is 10.5 Å². The summed E-state index contributed by atoms with van der Waals surface area (Å²) in [6.07, 6.45) is -18.0. The molecule has 0 fully saturated rings. The van der Waals surface area contributed by atoms with E-state index in [4.69, 9.17) is 3.02 Å². The first-order valence-corrected chi connectivity index (χ1v) is 22.5. The topological polar surface area (TPSA) is 29.5 Å². The number of benzene rings is 4.